The van der Waals surface area contributed by atoms with Crippen LogP contribution in [0.3, 0.4) is 0 Å². The molecule has 1 rings (SSSR count). The molecule has 2 N–H and O–H groups in total. The lowest BCUT2D eigenvalue weighted by Gasteiger charge is -2.12. The van der Waals surface area contributed by atoms with Gasteiger partial charge in [-0.1, -0.05) is 12.1 Å². The number of hydrogen-bond acceptors (Lipinski definition) is 4. The first-order valence-corrected chi connectivity index (χ1v) is 6.69. The summed E-state index contributed by atoms with van der Waals surface area (Å²) in [5, 5.41) is 22.1. The Morgan fingerprint density at radius 3 is 2.80 bits per heavy atom. The number of hydrogen-bond donors (Lipinski definition) is 2. The van der Waals surface area contributed by atoms with Crippen molar-refractivity contribution in [2.45, 2.75) is 32.1 Å². The summed E-state index contributed by atoms with van der Waals surface area (Å²) in [7, 11) is 0. The molecule has 1 aromatic carbocycles. The minimum absolute atomic E-state index is 0.00917. The van der Waals surface area contributed by atoms with Gasteiger partial charge in [0.25, 0.3) is 5.69 Å². The first kappa shape index (κ1) is 16.1. The van der Waals surface area contributed by atoms with Crippen molar-refractivity contribution in [3.05, 3.63) is 39.9 Å². The van der Waals surface area contributed by atoms with Gasteiger partial charge < -0.3 is 10.4 Å². The van der Waals surface area contributed by atoms with E-state index in [9.17, 15) is 14.9 Å². The Hall–Kier alpha value is -1.95. The summed E-state index contributed by atoms with van der Waals surface area (Å²) in [6.45, 7) is 2.44. The van der Waals surface area contributed by atoms with Crippen LogP contribution in [-0.2, 0) is 4.79 Å². The van der Waals surface area contributed by atoms with Crippen LogP contribution in [-0.4, -0.2) is 29.1 Å². The molecule has 1 atom stereocenters. The molecule has 0 heterocycles. The Bertz CT molecular complexity index is 462. The second-order valence-corrected chi connectivity index (χ2v) is 4.65. The number of benzene rings is 1. The van der Waals surface area contributed by atoms with Crippen molar-refractivity contribution in [2.24, 2.45) is 0 Å². The molecule has 0 aliphatic carbocycles. The number of unbranched alkanes of at least 4 members (excludes halogenated alkanes) is 2. The Morgan fingerprint density at radius 1 is 1.40 bits per heavy atom. The van der Waals surface area contributed by atoms with Crippen LogP contribution in [0.1, 0.15) is 37.7 Å². The Kier molecular flexibility index (Phi) is 6.66. The van der Waals surface area contributed by atoms with E-state index in [0.29, 0.717) is 12.1 Å². The smallest absolute Gasteiger partial charge is 0.269 e. The molecule has 0 aliphatic heterocycles. The standard InChI is InChI=1S/C14H20N2O4/c1-11(14(18)15-8-3-2-4-9-17)12-6-5-7-13(10-12)16(19)20/h5-7,10-11,17H,2-4,8-9H2,1H3,(H,15,18). The minimum atomic E-state index is -0.469. The summed E-state index contributed by atoms with van der Waals surface area (Å²) in [4.78, 5) is 22.2. The highest BCUT2D eigenvalue weighted by atomic mass is 16.6. The molecule has 110 valence electrons. The first-order valence-electron chi connectivity index (χ1n) is 6.69. The number of nitrogens with one attached hydrogen (secondary N) is 1. The van der Waals surface area contributed by atoms with E-state index in [4.69, 9.17) is 5.11 Å². The van der Waals surface area contributed by atoms with E-state index in [2.05, 4.69) is 5.32 Å². The molecule has 0 aromatic heterocycles. The van der Waals surface area contributed by atoms with Crippen molar-refractivity contribution >= 4 is 11.6 Å². The minimum Gasteiger partial charge on any atom is -0.396 e. The first-order chi connectivity index (χ1) is 9.56. The normalized spacial score (nSPS) is 11.9. The Balaban J connectivity index is 2.51. The van der Waals surface area contributed by atoms with Gasteiger partial charge in [-0.3, -0.25) is 14.9 Å². The van der Waals surface area contributed by atoms with Crippen molar-refractivity contribution in [1.82, 2.24) is 5.32 Å². The number of rotatable bonds is 8. The van der Waals surface area contributed by atoms with Crippen molar-refractivity contribution in [3.8, 4) is 0 Å². The van der Waals surface area contributed by atoms with Crippen LogP contribution in [0.25, 0.3) is 0 Å². The van der Waals surface area contributed by atoms with Crippen LogP contribution in [0.4, 0.5) is 5.69 Å². The molecule has 20 heavy (non-hydrogen) atoms. The largest absolute Gasteiger partial charge is 0.396 e. The third-order valence-corrected chi connectivity index (χ3v) is 3.11. The highest BCUT2D eigenvalue weighted by Gasteiger charge is 2.17. The van der Waals surface area contributed by atoms with Gasteiger partial charge in [0.05, 0.1) is 10.8 Å². The van der Waals surface area contributed by atoms with E-state index in [0.717, 1.165) is 19.3 Å². The average molecular weight is 280 g/mol. The maximum Gasteiger partial charge on any atom is 0.269 e. The molecule has 0 saturated carbocycles. The van der Waals surface area contributed by atoms with E-state index in [1.165, 1.54) is 12.1 Å². The maximum atomic E-state index is 11.9. The molecular formula is C14H20N2O4. The van der Waals surface area contributed by atoms with Crippen LogP contribution in [0.5, 0.6) is 0 Å². The predicted octanol–water partition coefficient (Wildman–Crippen LogP) is 1.98. The van der Waals surface area contributed by atoms with Gasteiger partial charge in [-0.25, -0.2) is 0 Å². The second-order valence-electron chi connectivity index (χ2n) is 4.65. The summed E-state index contributed by atoms with van der Waals surface area (Å²) < 4.78 is 0. The zero-order chi connectivity index (χ0) is 15.0. The lowest BCUT2D eigenvalue weighted by molar-refractivity contribution is -0.384. The fraction of sp³-hybridized carbons (Fsp3) is 0.500. The summed E-state index contributed by atoms with van der Waals surface area (Å²) in [5.41, 5.74) is 0.622. The topological polar surface area (TPSA) is 92.5 Å². The van der Waals surface area contributed by atoms with E-state index in [-0.39, 0.29) is 18.2 Å². The summed E-state index contributed by atoms with van der Waals surface area (Å²) >= 11 is 0. The van der Waals surface area contributed by atoms with Gasteiger partial charge in [-0.15, -0.1) is 0 Å². The number of carbonyl (C=O) groups excluding carboxylic acids is 1. The zero-order valence-electron chi connectivity index (χ0n) is 11.5. The molecule has 1 aromatic rings. The highest BCUT2D eigenvalue weighted by molar-refractivity contribution is 5.83. The second kappa shape index (κ2) is 8.27. The van der Waals surface area contributed by atoms with Gasteiger partial charge in [-0.05, 0) is 31.7 Å². The van der Waals surface area contributed by atoms with Crippen LogP contribution in [0.15, 0.2) is 24.3 Å². The number of non-ortho nitro benzene ring substituents is 1. The highest BCUT2D eigenvalue weighted by Crippen LogP contribution is 2.20. The average Bonchev–Trinajstić information content (AvgIpc) is 2.46. The SMILES string of the molecule is CC(C(=O)NCCCCCO)c1cccc([N+](=O)[O-])c1. The molecule has 0 bridgehead atoms. The summed E-state index contributed by atoms with van der Waals surface area (Å²) in [6.07, 6.45) is 2.41. The van der Waals surface area contributed by atoms with Crippen LogP contribution in [0, 0.1) is 10.1 Å². The van der Waals surface area contributed by atoms with Gasteiger partial charge >= 0.3 is 0 Å². The summed E-state index contributed by atoms with van der Waals surface area (Å²) in [5.74, 6) is -0.567. The van der Waals surface area contributed by atoms with Gasteiger partial charge in [0.15, 0.2) is 0 Å². The zero-order valence-corrected chi connectivity index (χ0v) is 11.5. The van der Waals surface area contributed by atoms with Crippen LogP contribution >= 0.6 is 0 Å². The monoisotopic (exact) mass is 280 g/mol. The number of aliphatic hydroxyl groups excluding tert-OH is 1. The lowest BCUT2D eigenvalue weighted by atomic mass is 10.00. The van der Waals surface area contributed by atoms with Crippen LogP contribution < -0.4 is 5.32 Å². The fourth-order valence-electron chi connectivity index (χ4n) is 1.84. The van der Waals surface area contributed by atoms with Gasteiger partial charge in [0.2, 0.25) is 5.91 Å². The number of nitro groups is 1. The van der Waals surface area contributed by atoms with E-state index >= 15 is 0 Å². The maximum absolute atomic E-state index is 11.9. The molecule has 0 radical (unpaired) electrons. The molecule has 0 saturated heterocycles. The number of carbonyl (C=O) groups is 1. The lowest BCUT2D eigenvalue weighted by Crippen LogP contribution is -2.28. The van der Waals surface area contributed by atoms with Crippen molar-refractivity contribution in [2.75, 3.05) is 13.2 Å². The van der Waals surface area contributed by atoms with Crippen molar-refractivity contribution < 1.29 is 14.8 Å². The number of amides is 1. The molecule has 0 aliphatic rings. The molecule has 1 unspecified atom stereocenters. The Morgan fingerprint density at radius 2 is 2.15 bits per heavy atom. The predicted molar refractivity (Wildman–Crippen MR) is 75.5 cm³/mol. The molecule has 6 heteroatoms. The van der Waals surface area contributed by atoms with Crippen LogP contribution in [0.2, 0.25) is 0 Å². The van der Waals surface area contributed by atoms with Gasteiger partial charge in [-0.2, -0.15) is 0 Å². The molecule has 6 nitrogen and oxygen atoms in total. The third-order valence-electron chi connectivity index (χ3n) is 3.11. The number of nitro benzene ring substituents is 1. The number of aliphatic hydroxyl groups is 1. The molecule has 0 spiro atoms. The molecular weight excluding hydrogens is 260 g/mol. The molecule has 1 amide bonds. The van der Waals surface area contributed by atoms with Crippen molar-refractivity contribution in [3.63, 3.8) is 0 Å². The molecule has 0 fully saturated rings. The fourth-order valence-corrected chi connectivity index (χ4v) is 1.84. The quantitative estimate of drug-likeness (QED) is 0.432. The van der Waals surface area contributed by atoms with E-state index in [1.807, 2.05) is 0 Å². The Labute approximate surface area is 118 Å². The van der Waals surface area contributed by atoms with Gasteiger partial charge in [0.1, 0.15) is 0 Å². The van der Waals surface area contributed by atoms with E-state index < -0.39 is 10.8 Å². The third kappa shape index (κ3) is 4.97. The number of nitrogens with zero attached hydrogens (tertiary/aromatic N) is 1. The van der Waals surface area contributed by atoms with E-state index in [1.54, 1.807) is 19.1 Å². The van der Waals surface area contributed by atoms with Crippen molar-refractivity contribution in [1.29, 1.82) is 0 Å². The van der Waals surface area contributed by atoms with Gasteiger partial charge in [0, 0.05) is 25.3 Å². The summed E-state index contributed by atoms with van der Waals surface area (Å²) in [6, 6.07) is 6.13.